The van der Waals surface area contributed by atoms with E-state index in [0.29, 0.717) is 11.6 Å². The van der Waals surface area contributed by atoms with E-state index in [1.54, 1.807) is 12.1 Å². The summed E-state index contributed by atoms with van der Waals surface area (Å²) in [5.74, 6) is -0.588. The topological polar surface area (TPSA) is 58.4 Å². The number of hydrogen-bond acceptors (Lipinski definition) is 3. The van der Waals surface area contributed by atoms with Gasteiger partial charge in [-0.05, 0) is 44.0 Å². The van der Waals surface area contributed by atoms with Crippen LogP contribution in [-0.2, 0) is 0 Å². The van der Waals surface area contributed by atoms with Crippen molar-refractivity contribution in [3.05, 3.63) is 29.6 Å². The monoisotopic (exact) mass is 279 g/mol. The number of carbonyl (C=O) groups excluding carboxylic acids is 1. The van der Waals surface area contributed by atoms with Gasteiger partial charge >= 0.3 is 0 Å². The first kappa shape index (κ1) is 14.8. The molecule has 1 amide bonds. The van der Waals surface area contributed by atoms with Crippen molar-refractivity contribution in [2.45, 2.75) is 19.8 Å². The van der Waals surface area contributed by atoms with Crippen molar-refractivity contribution in [1.29, 1.82) is 0 Å². The highest BCUT2D eigenvalue weighted by Gasteiger charge is 2.23. The minimum absolute atomic E-state index is 0.0117. The Labute approximate surface area is 119 Å². The highest BCUT2D eigenvalue weighted by atomic mass is 19.1. The normalized spacial score (nSPS) is 16.4. The summed E-state index contributed by atoms with van der Waals surface area (Å²) in [6.45, 7) is 5.77. The fraction of sp³-hybridized carbons (Fsp3) is 0.533. The van der Waals surface area contributed by atoms with Gasteiger partial charge in [0.15, 0.2) is 0 Å². The number of halogens is 1. The molecule has 0 saturated carbocycles. The summed E-state index contributed by atoms with van der Waals surface area (Å²) in [6.07, 6.45) is 2.09. The molecule has 0 atom stereocenters. The van der Waals surface area contributed by atoms with Crippen LogP contribution in [0.2, 0.25) is 0 Å². The van der Waals surface area contributed by atoms with Gasteiger partial charge in [0.1, 0.15) is 5.82 Å². The lowest BCUT2D eigenvalue weighted by atomic mass is 9.95. The maximum atomic E-state index is 13.8. The van der Waals surface area contributed by atoms with Crippen LogP contribution in [0.3, 0.4) is 0 Å². The summed E-state index contributed by atoms with van der Waals surface area (Å²) >= 11 is 0. The number of rotatable bonds is 5. The molecule has 0 aromatic heterocycles. The molecule has 20 heavy (non-hydrogen) atoms. The van der Waals surface area contributed by atoms with Gasteiger partial charge in [0.2, 0.25) is 0 Å². The van der Waals surface area contributed by atoms with Crippen molar-refractivity contribution in [1.82, 2.24) is 5.32 Å². The number of piperidine rings is 1. The summed E-state index contributed by atoms with van der Waals surface area (Å²) in [7, 11) is 0. The van der Waals surface area contributed by atoms with E-state index < -0.39 is 11.7 Å². The Hall–Kier alpha value is -1.62. The highest BCUT2D eigenvalue weighted by Crippen LogP contribution is 2.27. The zero-order valence-corrected chi connectivity index (χ0v) is 11.9. The van der Waals surface area contributed by atoms with Crippen molar-refractivity contribution in [2.75, 3.05) is 31.1 Å². The summed E-state index contributed by atoms with van der Waals surface area (Å²) in [5, 5.41) is 3.36. The Morgan fingerprint density at radius 1 is 1.45 bits per heavy atom. The molecule has 5 heteroatoms. The molecule has 0 radical (unpaired) electrons. The Balaban J connectivity index is 2.07. The van der Waals surface area contributed by atoms with Crippen LogP contribution in [0.4, 0.5) is 10.1 Å². The van der Waals surface area contributed by atoms with Gasteiger partial charge < -0.3 is 16.0 Å². The van der Waals surface area contributed by atoms with Crippen LogP contribution in [-0.4, -0.2) is 32.1 Å². The van der Waals surface area contributed by atoms with E-state index in [9.17, 15) is 9.18 Å². The minimum Gasteiger partial charge on any atom is -0.371 e. The summed E-state index contributed by atoms with van der Waals surface area (Å²) in [4.78, 5) is 13.5. The predicted molar refractivity (Wildman–Crippen MR) is 78.4 cm³/mol. The molecule has 0 bridgehead atoms. The van der Waals surface area contributed by atoms with Crippen molar-refractivity contribution in [3.8, 4) is 0 Å². The molecule has 1 saturated heterocycles. The largest absolute Gasteiger partial charge is 0.371 e. The number of amides is 1. The van der Waals surface area contributed by atoms with Gasteiger partial charge in [-0.1, -0.05) is 13.0 Å². The lowest BCUT2D eigenvalue weighted by Gasteiger charge is -2.34. The number of nitrogens with zero attached hydrogens (tertiary/aromatic N) is 1. The molecule has 0 aliphatic carbocycles. The molecule has 1 aliphatic heterocycles. The van der Waals surface area contributed by atoms with E-state index in [1.165, 1.54) is 6.07 Å². The highest BCUT2D eigenvalue weighted by molar-refractivity contribution is 5.99. The molecule has 4 nitrogen and oxygen atoms in total. The molecule has 0 unspecified atom stereocenters. The fourth-order valence-corrected chi connectivity index (χ4v) is 2.75. The number of hydrogen-bond donors (Lipinski definition) is 2. The zero-order valence-electron chi connectivity index (χ0n) is 11.9. The average molecular weight is 279 g/mol. The van der Waals surface area contributed by atoms with Crippen molar-refractivity contribution in [2.24, 2.45) is 11.7 Å². The lowest BCUT2D eigenvalue weighted by molar-refractivity contribution is 0.0997. The number of benzene rings is 1. The van der Waals surface area contributed by atoms with E-state index in [1.807, 2.05) is 0 Å². The molecule has 0 spiro atoms. The minimum atomic E-state index is -0.701. The Morgan fingerprint density at radius 3 is 2.75 bits per heavy atom. The first-order chi connectivity index (χ1) is 9.63. The third kappa shape index (κ3) is 3.28. The first-order valence-electron chi connectivity index (χ1n) is 7.17. The summed E-state index contributed by atoms with van der Waals surface area (Å²) in [6, 6.07) is 4.68. The predicted octanol–water partition coefficient (Wildman–Crippen LogP) is 1.75. The standard InChI is InChI=1S/C15H22FN3O/c1-2-18-10-11-6-8-19(9-7-11)13-5-3-4-12(16)14(13)15(17)20/h3-5,11,18H,2,6-10H2,1H3,(H2,17,20). The van der Waals surface area contributed by atoms with Gasteiger partial charge in [-0.2, -0.15) is 0 Å². The molecule has 2 rings (SSSR count). The number of nitrogens with one attached hydrogen (secondary N) is 1. The molecule has 1 heterocycles. The van der Waals surface area contributed by atoms with Gasteiger partial charge in [-0.3, -0.25) is 4.79 Å². The fourth-order valence-electron chi connectivity index (χ4n) is 2.75. The molecule has 3 N–H and O–H groups in total. The molecular weight excluding hydrogens is 257 g/mol. The second-order valence-corrected chi connectivity index (χ2v) is 5.24. The third-order valence-electron chi connectivity index (χ3n) is 3.88. The zero-order chi connectivity index (χ0) is 14.5. The van der Waals surface area contributed by atoms with Crippen LogP contribution in [0, 0.1) is 11.7 Å². The molecule has 1 fully saturated rings. The first-order valence-corrected chi connectivity index (χ1v) is 7.17. The summed E-state index contributed by atoms with van der Waals surface area (Å²) < 4.78 is 13.8. The van der Waals surface area contributed by atoms with Crippen LogP contribution >= 0.6 is 0 Å². The smallest absolute Gasteiger partial charge is 0.253 e. The Bertz CT molecular complexity index is 470. The Morgan fingerprint density at radius 2 is 2.15 bits per heavy atom. The van der Waals surface area contributed by atoms with E-state index in [-0.39, 0.29) is 5.56 Å². The van der Waals surface area contributed by atoms with Crippen molar-refractivity contribution >= 4 is 11.6 Å². The lowest BCUT2D eigenvalue weighted by Crippen LogP contribution is -2.38. The van der Waals surface area contributed by atoms with Gasteiger partial charge in [-0.25, -0.2) is 4.39 Å². The second kappa shape index (κ2) is 6.70. The number of nitrogens with two attached hydrogens (primary N) is 1. The van der Waals surface area contributed by atoms with Crippen molar-refractivity contribution in [3.63, 3.8) is 0 Å². The molecule has 1 aromatic carbocycles. The van der Waals surface area contributed by atoms with Gasteiger partial charge in [-0.15, -0.1) is 0 Å². The number of carbonyl (C=O) groups is 1. The van der Waals surface area contributed by atoms with E-state index in [0.717, 1.165) is 39.0 Å². The van der Waals surface area contributed by atoms with Gasteiger partial charge in [0.25, 0.3) is 5.91 Å². The second-order valence-electron chi connectivity index (χ2n) is 5.24. The van der Waals surface area contributed by atoms with Crippen LogP contribution in [0.5, 0.6) is 0 Å². The van der Waals surface area contributed by atoms with Gasteiger partial charge in [0, 0.05) is 13.1 Å². The Kier molecular flexibility index (Phi) is 4.95. The molecule has 1 aliphatic rings. The molecular formula is C15H22FN3O. The maximum Gasteiger partial charge on any atom is 0.253 e. The van der Waals surface area contributed by atoms with Crippen LogP contribution in [0.1, 0.15) is 30.1 Å². The van der Waals surface area contributed by atoms with E-state index in [4.69, 9.17) is 5.73 Å². The SMILES string of the molecule is CCNCC1CCN(c2cccc(F)c2C(N)=O)CC1. The van der Waals surface area contributed by atoms with Gasteiger partial charge in [0.05, 0.1) is 11.3 Å². The van der Waals surface area contributed by atoms with E-state index >= 15 is 0 Å². The van der Waals surface area contributed by atoms with Crippen LogP contribution in [0.25, 0.3) is 0 Å². The maximum absolute atomic E-state index is 13.8. The number of primary amides is 1. The number of anilines is 1. The quantitative estimate of drug-likeness (QED) is 0.863. The van der Waals surface area contributed by atoms with Crippen molar-refractivity contribution < 1.29 is 9.18 Å². The average Bonchev–Trinajstić information content (AvgIpc) is 2.45. The van der Waals surface area contributed by atoms with E-state index in [2.05, 4.69) is 17.1 Å². The van der Waals surface area contributed by atoms with Crippen LogP contribution < -0.4 is 16.0 Å². The third-order valence-corrected chi connectivity index (χ3v) is 3.88. The molecule has 110 valence electrons. The van der Waals surface area contributed by atoms with Crippen LogP contribution in [0.15, 0.2) is 18.2 Å². The molecule has 1 aromatic rings. The summed E-state index contributed by atoms with van der Waals surface area (Å²) in [5.41, 5.74) is 5.94.